The predicted octanol–water partition coefficient (Wildman–Crippen LogP) is 2.29. The summed E-state index contributed by atoms with van der Waals surface area (Å²) in [4.78, 5) is 11.7. The standard InChI is InChI=1S/C12H14BrNO3S/c1-3-17-11(15)7-14-12(18)9-5-4-8(13)6-10(9)16-2/h4-6H,3,7H2,1-2H3,(H,14,18). The lowest BCUT2D eigenvalue weighted by Gasteiger charge is -2.11. The van der Waals surface area contributed by atoms with Crippen LogP contribution in [0.1, 0.15) is 12.5 Å². The van der Waals surface area contributed by atoms with E-state index < -0.39 is 0 Å². The van der Waals surface area contributed by atoms with Crippen LogP contribution in [0.25, 0.3) is 0 Å². The summed E-state index contributed by atoms with van der Waals surface area (Å²) in [5, 5.41) is 2.84. The first-order valence-electron chi connectivity index (χ1n) is 5.35. The van der Waals surface area contributed by atoms with Crippen molar-refractivity contribution in [1.29, 1.82) is 0 Å². The number of thiocarbonyl (C=S) groups is 1. The first kappa shape index (κ1) is 14.9. The minimum atomic E-state index is -0.337. The van der Waals surface area contributed by atoms with Crippen LogP contribution in [-0.2, 0) is 9.53 Å². The number of carbonyl (C=O) groups excluding carboxylic acids is 1. The van der Waals surface area contributed by atoms with Gasteiger partial charge in [-0.1, -0.05) is 28.1 Å². The summed E-state index contributed by atoms with van der Waals surface area (Å²) in [6, 6.07) is 5.49. The van der Waals surface area contributed by atoms with E-state index in [-0.39, 0.29) is 12.5 Å². The van der Waals surface area contributed by atoms with Crippen LogP contribution in [0.15, 0.2) is 22.7 Å². The number of rotatable bonds is 5. The molecule has 0 heterocycles. The summed E-state index contributed by atoms with van der Waals surface area (Å²) in [6.07, 6.45) is 0. The Kier molecular flexibility index (Phi) is 6.07. The number of hydrogen-bond acceptors (Lipinski definition) is 4. The summed E-state index contributed by atoms with van der Waals surface area (Å²) in [5.74, 6) is 0.307. The molecular weight excluding hydrogens is 318 g/mol. The minimum Gasteiger partial charge on any atom is -0.496 e. The predicted molar refractivity (Wildman–Crippen MR) is 77.0 cm³/mol. The molecule has 6 heteroatoms. The Bertz CT molecular complexity index is 451. The zero-order valence-electron chi connectivity index (χ0n) is 10.2. The van der Waals surface area contributed by atoms with Crippen LogP contribution in [-0.4, -0.2) is 31.2 Å². The molecule has 0 aliphatic carbocycles. The fourth-order valence-corrected chi connectivity index (χ4v) is 1.89. The number of methoxy groups -OCH3 is 1. The van der Waals surface area contributed by atoms with E-state index in [1.807, 2.05) is 18.2 Å². The Morgan fingerprint density at radius 2 is 2.22 bits per heavy atom. The van der Waals surface area contributed by atoms with Gasteiger partial charge in [0.1, 0.15) is 17.3 Å². The topological polar surface area (TPSA) is 47.6 Å². The average Bonchev–Trinajstić information content (AvgIpc) is 2.36. The molecule has 0 aromatic heterocycles. The summed E-state index contributed by atoms with van der Waals surface area (Å²) in [6.45, 7) is 2.16. The zero-order valence-corrected chi connectivity index (χ0v) is 12.6. The lowest BCUT2D eigenvalue weighted by Crippen LogP contribution is -2.30. The Labute approximate surface area is 120 Å². The highest BCUT2D eigenvalue weighted by Gasteiger charge is 2.10. The van der Waals surface area contributed by atoms with E-state index in [1.165, 1.54) is 0 Å². The third-order valence-corrected chi connectivity index (χ3v) is 2.96. The first-order chi connectivity index (χ1) is 8.58. The fourth-order valence-electron chi connectivity index (χ4n) is 1.31. The third-order valence-electron chi connectivity index (χ3n) is 2.11. The number of benzene rings is 1. The molecule has 0 spiro atoms. The molecule has 0 amide bonds. The van der Waals surface area contributed by atoms with Crippen molar-refractivity contribution in [1.82, 2.24) is 5.32 Å². The molecule has 4 nitrogen and oxygen atoms in total. The number of hydrogen-bond donors (Lipinski definition) is 1. The quantitative estimate of drug-likeness (QED) is 0.662. The van der Waals surface area contributed by atoms with Crippen molar-refractivity contribution in [2.24, 2.45) is 0 Å². The molecule has 1 N–H and O–H groups in total. The molecule has 0 unspecified atom stereocenters. The molecule has 0 atom stereocenters. The molecule has 98 valence electrons. The number of carbonyl (C=O) groups is 1. The van der Waals surface area contributed by atoms with Crippen LogP contribution in [0.5, 0.6) is 5.75 Å². The molecule has 18 heavy (non-hydrogen) atoms. The molecule has 0 fully saturated rings. The van der Waals surface area contributed by atoms with Gasteiger partial charge in [0, 0.05) is 4.47 Å². The highest BCUT2D eigenvalue weighted by Crippen LogP contribution is 2.23. The molecule has 0 radical (unpaired) electrons. The van der Waals surface area contributed by atoms with Gasteiger partial charge >= 0.3 is 5.97 Å². The Morgan fingerprint density at radius 3 is 2.83 bits per heavy atom. The van der Waals surface area contributed by atoms with E-state index >= 15 is 0 Å². The average molecular weight is 332 g/mol. The molecule has 1 aromatic carbocycles. The van der Waals surface area contributed by atoms with Gasteiger partial charge in [-0.3, -0.25) is 4.79 Å². The number of ether oxygens (including phenoxy) is 2. The highest BCUT2D eigenvalue weighted by molar-refractivity contribution is 9.10. The Hall–Kier alpha value is -1.14. The van der Waals surface area contributed by atoms with Crippen LogP contribution < -0.4 is 10.1 Å². The molecular formula is C12H14BrNO3S. The SMILES string of the molecule is CCOC(=O)CNC(=S)c1ccc(Br)cc1OC. The lowest BCUT2D eigenvalue weighted by atomic mass is 10.2. The van der Waals surface area contributed by atoms with Crippen LogP contribution in [0.3, 0.4) is 0 Å². The van der Waals surface area contributed by atoms with E-state index in [9.17, 15) is 4.79 Å². The van der Waals surface area contributed by atoms with Crippen LogP contribution in [0, 0.1) is 0 Å². The normalized spacial score (nSPS) is 9.72. The van der Waals surface area contributed by atoms with Crippen molar-refractivity contribution in [3.63, 3.8) is 0 Å². The third kappa shape index (κ3) is 4.27. The molecule has 0 saturated heterocycles. The van der Waals surface area contributed by atoms with Crippen molar-refractivity contribution in [2.45, 2.75) is 6.92 Å². The fraction of sp³-hybridized carbons (Fsp3) is 0.333. The second kappa shape index (κ2) is 7.33. The van der Waals surface area contributed by atoms with Crippen molar-refractivity contribution in [3.8, 4) is 5.75 Å². The maximum absolute atomic E-state index is 11.2. The van der Waals surface area contributed by atoms with Gasteiger partial charge in [0.2, 0.25) is 0 Å². The van der Waals surface area contributed by atoms with Gasteiger partial charge in [-0.05, 0) is 25.1 Å². The van der Waals surface area contributed by atoms with Crippen LogP contribution in [0.2, 0.25) is 0 Å². The van der Waals surface area contributed by atoms with Gasteiger partial charge in [-0.15, -0.1) is 0 Å². The second-order valence-corrected chi connectivity index (χ2v) is 4.66. The second-order valence-electron chi connectivity index (χ2n) is 3.33. The van der Waals surface area contributed by atoms with Gasteiger partial charge in [-0.2, -0.15) is 0 Å². The molecule has 0 aliphatic heterocycles. The molecule has 1 rings (SSSR count). The number of halogens is 1. The zero-order chi connectivity index (χ0) is 13.5. The smallest absolute Gasteiger partial charge is 0.325 e. The molecule has 1 aromatic rings. The van der Waals surface area contributed by atoms with Crippen molar-refractivity contribution in [2.75, 3.05) is 20.3 Å². The monoisotopic (exact) mass is 331 g/mol. The van der Waals surface area contributed by atoms with Crippen LogP contribution in [0.4, 0.5) is 0 Å². The van der Waals surface area contributed by atoms with Crippen molar-refractivity contribution in [3.05, 3.63) is 28.2 Å². The van der Waals surface area contributed by atoms with E-state index in [4.69, 9.17) is 21.7 Å². The van der Waals surface area contributed by atoms with Gasteiger partial charge in [0.25, 0.3) is 0 Å². The van der Waals surface area contributed by atoms with E-state index in [0.29, 0.717) is 17.3 Å². The summed E-state index contributed by atoms with van der Waals surface area (Å²) in [5.41, 5.74) is 0.736. The summed E-state index contributed by atoms with van der Waals surface area (Å²) >= 11 is 8.56. The van der Waals surface area contributed by atoms with E-state index in [0.717, 1.165) is 10.0 Å². The molecule has 0 saturated carbocycles. The van der Waals surface area contributed by atoms with Gasteiger partial charge < -0.3 is 14.8 Å². The minimum absolute atomic E-state index is 0.0475. The van der Waals surface area contributed by atoms with Gasteiger partial charge in [-0.25, -0.2) is 0 Å². The Balaban J connectivity index is 2.69. The Morgan fingerprint density at radius 1 is 1.50 bits per heavy atom. The van der Waals surface area contributed by atoms with Gasteiger partial charge in [0.05, 0.1) is 19.3 Å². The van der Waals surface area contributed by atoms with Crippen LogP contribution >= 0.6 is 28.1 Å². The maximum Gasteiger partial charge on any atom is 0.325 e. The summed E-state index contributed by atoms with van der Waals surface area (Å²) in [7, 11) is 1.57. The van der Waals surface area contributed by atoms with Crippen molar-refractivity contribution < 1.29 is 14.3 Å². The van der Waals surface area contributed by atoms with Gasteiger partial charge in [0.15, 0.2) is 0 Å². The van der Waals surface area contributed by atoms with Crippen molar-refractivity contribution >= 4 is 39.1 Å². The molecule has 0 aliphatic rings. The summed E-state index contributed by atoms with van der Waals surface area (Å²) < 4.78 is 10.9. The largest absolute Gasteiger partial charge is 0.496 e. The molecule has 0 bridgehead atoms. The highest BCUT2D eigenvalue weighted by atomic mass is 79.9. The van der Waals surface area contributed by atoms with E-state index in [1.54, 1.807) is 14.0 Å². The number of nitrogens with one attached hydrogen (secondary N) is 1. The van der Waals surface area contributed by atoms with E-state index in [2.05, 4.69) is 21.2 Å². The number of esters is 1. The first-order valence-corrected chi connectivity index (χ1v) is 6.56. The maximum atomic E-state index is 11.2. The lowest BCUT2D eigenvalue weighted by molar-refractivity contribution is -0.141.